The summed E-state index contributed by atoms with van der Waals surface area (Å²) >= 11 is 5.07. The zero-order chi connectivity index (χ0) is 12.1. The van der Waals surface area contributed by atoms with Gasteiger partial charge in [-0.3, -0.25) is 0 Å². The van der Waals surface area contributed by atoms with Gasteiger partial charge >= 0.3 is 0 Å². The minimum Gasteiger partial charge on any atom is -0.487 e. The number of nitrogens with zero attached hydrogens (tertiary/aromatic N) is 1. The fourth-order valence-electron chi connectivity index (χ4n) is 1.32. The number of nitrogens with one attached hydrogen (secondary N) is 1. The van der Waals surface area contributed by atoms with Crippen molar-refractivity contribution in [2.45, 2.75) is 13.5 Å². The maximum atomic E-state index is 5.71. The van der Waals surface area contributed by atoms with Gasteiger partial charge in [0, 0.05) is 12.7 Å². The average Bonchev–Trinajstić information content (AvgIpc) is 2.76. The summed E-state index contributed by atoms with van der Waals surface area (Å²) in [6.07, 6.45) is 1.85. The number of anilines is 1. The number of para-hydroxylation sites is 1. The monoisotopic (exact) mass is 312 g/mol. The average molecular weight is 313 g/mol. The zero-order valence-electron chi connectivity index (χ0n) is 9.44. The highest BCUT2D eigenvalue weighted by Gasteiger charge is 2.03. The quantitative estimate of drug-likeness (QED) is 0.908. The highest BCUT2D eigenvalue weighted by atomic mass is 79.9. The summed E-state index contributed by atoms with van der Waals surface area (Å²) in [7, 11) is 0. The van der Waals surface area contributed by atoms with Crippen LogP contribution in [0.15, 0.2) is 34.9 Å². The van der Waals surface area contributed by atoms with E-state index >= 15 is 0 Å². The van der Waals surface area contributed by atoms with Crippen molar-refractivity contribution in [1.29, 1.82) is 0 Å². The normalized spacial score (nSPS) is 10.2. The van der Waals surface area contributed by atoms with Gasteiger partial charge in [0.25, 0.3) is 0 Å². The van der Waals surface area contributed by atoms with Crippen molar-refractivity contribution in [1.82, 2.24) is 4.98 Å². The van der Waals surface area contributed by atoms with Crippen molar-refractivity contribution >= 4 is 32.4 Å². The molecule has 0 aliphatic heterocycles. The van der Waals surface area contributed by atoms with Crippen LogP contribution in [0.2, 0.25) is 0 Å². The first-order valence-corrected chi connectivity index (χ1v) is 6.96. The molecule has 17 heavy (non-hydrogen) atoms. The van der Waals surface area contributed by atoms with Gasteiger partial charge < -0.3 is 10.1 Å². The lowest BCUT2D eigenvalue weighted by Crippen LogP contribution is -1.94. The van der Waals surface area contributed by atoms with E-state index in [0.29, 0.717) is 6.61 Å². The molecule has 0 radical (unpaired) electrons. The number of rotatable bonds is 5. The number of hydrogen-bond donors (Lipinski definition) is 1. The Bertz CT molecular complexity index is 487. The molecule has 0 aliphatic carbocycles. The van der Waals surface area contributed by atoms with Gasteiger partial charge in [-0.05, 0) is 35.0 Å². The smallest absolute Gasteiger partial charge is 0.182 e. The molecule has 0 saturated heterocycles. The largest absolute Gasteiger partial charge is 0.487 e. The van der Waals surface area contributed by atoms with Crippen LogP contribution in [0.3, 0.4) is 0 Å². The van der Waals surface area contributed by atoms with E-state index in [2.05, 4.69) is 33.2 Å². The topological polar surface area (TPSA) is 34.2 Å². The van der Waals surface area contributed by atoms with Crippen LogP contribution in [0, 0.1) is 0 Å². The summed E-state index contributed by atoms with van der Waals surface area (Å²) in [5.74, 6) is 0.853. The Morgan fingerprint density at radius 2 is 2.24 bits per heavy atom. The lowest BCUT2D eigenvalue weighted by atomic mass is 10.3. The van der Waals surface area contributed by atoms with E-state index in [9.17, 15) is 0 Å². The van der Waals surface area contributed by atoms with Crippen LogP contribution in [0.25, 0.3) is 0 Å². The third-order valence-corrected chi connectivity index (χ3v) is 3.67. The number of ether oxygens (including phenoxy) is 1. The Morgan fingerprint density at radius 1 is 1.41 bits per heavy atom. The van der Waals surface area contributed by atoms with Gasteiger partial charge in [-0.25, -0.2) is 4.98 Å². The van der Waals surface area contributed by atoms with Crippen LogP contribution < -0.4 is 10.1 Å². The van der Waals surface area contributed by atoms with Crippen molar-refractivity contribution in [2.75, 3.05) is 11.9 Å². The standard InChI is InChI=1S/C12H13BrN2OS/c1-2-14-12-15-7-9(17-12)8-16-11-6-4-3-5-10(11)13/h3-7H,2,8H2,1H3,(H,14,15). The van der Waals surface area contributed by atoms with Crippen LogP contribution in [-0.4, -0.2) is 11.5 Å². The van der Waals surface area contributed by atoms with E-state index in [1.807, 2.05) is 30.5 Å². The van der Waals surface area contributed by atoms with Gasteiger partial charge in [0.2, 0.25) is 0 Å². The van der Waals surface area contributed by atoms with Gasteiger partial charge in [-0.1, -0.05) is 23.5 Å². The molecule has 3 nitrogen and oxygen atoms in total. The first-order chi connectivity index (χ1) is 8.29. The summed E-state index contributed by atoms with van der Waals surface area (Å²) < 4.78 is 6.68. The predicted molar refractivity (Wildman–Crippen MR) is 74.8 cm³/mol. The number of aromatic nitrogens is 1. The van der Waals surface area contributed by atoms with Crippen LogP contribution in [0.1, 0.15) is 11.8 Å². The molecule has 0 atom stereocenters. The molecule has 0 unspecified atom stereocenters. The van der Waals surface area contributed by atoms with Crippen LogP contribution in [-0.2, 0) is 6.61 Å². The number of halogens is 1. The third-order valence-electron chi connectivity index (χ3n) is 2.09. The number of thiazole rings is 1. The van der Waals surface area contributed by atoms with Gasteiger partial charge in [0.15, 0.2) is 5.13 Å². The predicted octanol–water partition coefficient (Wildman–Crippen LogP) is 3.92. The van der Waals surface area contributed by atoms with E-state index in [0.717, 1.165) is 26.8 Å². The SMILES string of the molecule is CCNc1ncc(COc2ccccc2Br)s1. The van der Waals surface area contributed by atoms with Crippen LogP contribution in [0.4, 0.5) is 5.13 Å². The van der Waals surface area contributed by atoms with Gasteiger partial charge in [0.05, 0.1) is 9.35 Å². The summed E-state index contributed by atoms with van der Waals surface area (Å²) in [6.45, 7) is 3.49. The van der Waals surface area contributed by atoms with E-state index in [1.165, 1.54) is 0 Å². The molecule has 1 N–H and O–H groups in total. The third kappa shape index (κ3) is 3.44. The summed E-state index contributed by atoms with van der Waals surface area (Å²) in [4.78, 5) is 5.36. The van der Waals surface area contributed by atoms with Gasteiger partial charge in [0.1, 0.15) is 12.4 Å². The molecule has 0 fully saturated rings. The second kappa shape index (κ2) is 6.02. The lowest BCUT2D eigenvalue weighted by molar-refractivity contribution is 0.307. The Balaban J connectivity index is 1.95. The molecule has 90 valence electrons. The van der Waals surface area contributed by atoms with Crippen molar-refractivity contribution < 1.29 is 4.74 Å². The van der Waals surface area contributed by atoms with Crippen LogP contribution in [0.5, 0.6) is 5.75 Å². The molecular formula is C12H13BrN2OS. The van der Waals surface area contributed by atoms with E-state index in [-0.39, 0.29) is 0 Å². The molecule has 0 saturated carbocycles. The maximum Gasteiger partial charge on any atom is 0.182 e. The van der Waals surface area contributed by atoms with Crippen molar-refractivity contribution in [3.63, 3.8) is 0 Å². The second-order valence-electron chi connectivity index (χ2n) is 3.38. The van der Waals surface area contributed by atoms with E-state index in [4.69, 9.17) is 4.74 Å². The fraction of sp³-hybridized carbons (Fsp3) is 0.250. The Kier molecular flexibility index (Phi) is 4.39. The summed E-state index contributed by atoms with van der Waals surface area (Å²) in [6, 6.07) is 7.83. The van der Waals surface area contributed by atoms with Crippen molar-refractivity contribution in [2.24, 2.45) is 0 Å². The summed E-state index contributed by atoms with van der Waals surface area (Å²) in [5.41, 5.74) is 0. The minimum absolute atomic E-state index is 0.547. The van der Waals surface area contributed by atoms with Crippen LogP contribution >= 0.6 is 27.3 Å². The van der Waals surface area contributed by atoms with E-state index < -0.39 is 0 Å². The molecule has 5 heteroatoms. The van der Waals surface area contributed by atoms with Crippen molar-refractivity contribution in [3.8, 4) is 5.75 Å². The molecule has 1 heterocycles. The number of hydrogen-bond acceptors (Lipinski definition) is 4. The minimum atomic E-state index is 0.547. The molecule has 2 rings (SSSR count). The molecule has 0 bridgehead atoms. The second-order valence-corrected chi connectivity index (χ2v) is 5.35. The first-order valence-electron chi connectivity index (χ1n) is 5.35. The zero-order valence-corrected chi connectivity index (χ0v) is 11.8. The van der Waals surface area contributed by atoms with Gasteiger partial charge in [-0.15, -0.1) is 0 Å². The molecule has 0 amide bonds. The fourth-order valence-corrected chi connectivity index (χ4v) is 2.51. The highest BCUT2D eigenvalue weighted by Crippen LogP contribution is 2.26. The highest BCUT2D eigenvalue weighted by molar-refractivity contribution is 9.10. The maximum absolute atomic E-state index is 5.71. The Hall–Kier alpha value is -1.07. The first kappa shape index (κ1) is 12.4. The number of benzene rings is 1. The van der Waals surface area contributed by atoms with Crippen molar-refractivity contribution in [3.05, 3.63) is 39.8 Å². The summed E-state index contributed by atoms with van der Waals surface area (Å²) in [5, 5.41) is 4.12. The molecule has 0 spiro atoms. The lowest BCUT2D eigenvalue weighted by Gasteiger charge is -2.05. The molecule has 0 aliphatic rings. The van der Waals surface area contributed by atoms with E-state index in [1.54, 1.807) is 11.3 Å². The molecule has 2 aromatic rings. The Morgan fingerprint density at radius 3 is 3.00 bits per heavy atom. The van der Waals surface area contributed by atoms with Gasteiger partial charge in [-0.2, -0.15) is 0 Å². The molecule has 1 aromatic heterocycles. The molecular weight excluding hydrogens is 300 g/mol. The Labute approximate surface area is 113 Å². The molecule has 1 aromatic carbocycles.